The molecule has 1 atom stereocenters. The number of rotatable bonds is 5. The van der Waals surface area contributed by atoms with Crippen molar-refractivity contribution in [1.82, 2.24) is 19.8 Å². The standard InChI is InChI=1S/C22H24N4O2.C2HF3O2/c1-15-7-6-8-16(11-15)17(12-25(2)3)24-22(27)21-19-13-28-20-10-5-4-9-18(20)26(19)14-23-21;3-2(4,5)1(6)7/h4-11,14,17H,12-13H2,1-3H3,(H,24,27);(H,6,7). The quantitative estimate of drug-likeness (QED) is 0.566. The van der Waals surface area contributed by atoms with Crippen LogP contribution < -0.4 is 10.1 Å². The van der Waals surface area contributed by atoms with Gasteiger partial charge in [0, 0.05) is 6.54 Å². The van der Waals surface area contributed by atoms with Crippen molar-refractivity contribution >= 4 is 11.9 Å². The number of hydrogen-bond donors (Lipinski definition) is 2. The number of alkyl halides is 3. The van der Waals surface area contributed by atoms with Crippen molar-refractivity contribution in [2.24, 2.45) is 0 Å². The molecule has 0 aliphatic carbocycles. The maximum atomic E-state index is 13.1. The van der Waals surface area contributed by atoms with Crippen LogP contribution in [-0.4, -0.2) is 58.3 Å². The van der Waals surface area contributed by atoms with Gasteiger partial charge in [-0.3, -0.25) is 9.36 Å². The smallest absolute Gasteiger partial charge is 0.485 e. The van der Waals surface area contributed by atoms with E-state index < -0.39 is 12.1 Å². The van der Waals surface area contributed by atoms with E-state index in [1.54, 1.807) is 6.33 Å². The first-order valence-corrected chi connectivity index (χ1v) is 10.6. The zero-order chi connectivity index (χ0) is 25.8. The molecular formula is C24H25F3N4O4. The Balaban J connectivity index is 0.000000429. The molecule has 2 N–H and O–H groups in total. The van der Waals surface area contributed by atoms with Crippen LogP contribution >= 0.6 is 0 Å². The van der Waals surface area contributed by atoms with Gasteiger partial charge in [-0.15, -0.1) is 0 Å². The minimum Gasteiger partial charge on any atom is -0.485 e. The molecule has 2 heterocycles. The fourth-order valence-electron chi connectivity index (χ4n) is 3.55. The number of halogens is 3. The fourth-order valence-corrected chi connectivity index (χ4v) is 3.55. The van der Waals surface area contributed by atoms with Crippen molar-refractivity contribution in [3.63, 3.8) is 0 Å². The zero-order valence-electron chi connectivity index (χ0n) is 19.3. The SMILES string of the molecule is Cc1cccc(C(CN(C)C)NC(=O)c2ncn3c2COc2ccccc2-3)c1.O=C(O)C(F)(F)F. The number of carboxylic acid groups (broad SMARTS) is 1. The molecule has 1 aliphatic heterocycles. The predicted octanol–water partition coefficient (Wildman–Crippen LogP) is 3.74. The van der Waals surface area contributed by atoms with Gasteiger partial charge in [0.1, 0.15) is 18.7 Å². The summed E-state index contributed by atoms with van der Waals surface area (Å²) in [6.45, 7) is 3.08. The highest BCUT2D eigenvalue weighted by molar-refractivity contribution is 5.94. The zero-order valence-corrected chi connectivity index (χ0v) is 19.3. The lowest BCUT2D eigenvalue weighted by molar-refractivity contribution is -0.192. The number of likely N-dealkylation sites (N-methyl/N-ethyl adjacent to an activating group) is 1. The number of imidazole rings is 1. The molecule has 0 bridgehead atoms. The lowest BCUT2D eigenvalue weighted by atomic mass is 10.0. The molecule has 8 nitrogen and oxygen atoms in total. The van der Waals surface area contributed by atoms with Crippen LogP contribution in [0.25, 0.3) is 5.69 Å². The van der Waals surface area contributed by atoms with Crippen molar-refractivity contribution in [1.29, 1.82) is 0 Å². The number of hydrogen-bond acceptors (Lipinski definition) is 5. The normalized spacial score (nSPS) is 13.0. The second-order valence-electron chi connectivity index (χ2n) is 8.17. The first-order chi connectivity index (χ1) is 16.5. The maximum absolute atomic E-state index is 13.1. The molecule has 0 saturated carbocycles. The summed E-state index contributed by atoms with van der Waals surface area (Å²) in [4.78, 5) is 28.4. The Bertz CT molecular complexity index is 1210. The highest BCUT2D eigenvalue weighted by Crippen LogP contribution is 2.30. The monoisotopic (exact) mass is 490 g/mol. The summed E-state index contributed by atoms with van der Waals surface area (Å²) < 4.78 is 39.5. The molecule has 1 amide bonds. The molecule has 0 radical (unpaired) electrons. The number of fused-ring (bicyclic) bond motifs is 3. The second-order valence-corrected chi connectivity index (χ2v) is 8.17. The number of nitrogens with one attached hydrogen (secondary N) is 1. The molecule has 1 aliphatic rings. The van der Waals surface area contributed by atoms with Gasteiger partial charge in [0.15, 0.2) is 5.69 Å². The molecule has 0 fully saturated rings. The number of carbonyl (C=O) groups is 2. The van der Waals surface area contributed by atoms with Gasteiger partial charge >= 0.3 is 12.1 Å². The van der Waals surface area contributed by atoms with Crippen LogP contribution in [0, 0.1) is 6.92 Å². The summed E-state index contributed by atoms with van der Waals surface area (Å²) in [6.07, 6.45) is -3.39. The Morgan fingerprint density at radius 2 is 1.89 bits per heavy atom. The third-order valence-corrected chi connectivity index (χ3v) is 5.11. The summed E-state index contributed by atoms with van der Waals surface area (Å²) in [6, 6.07) is 15.9. The molecule has 2 aromatic carbocycles. The molecule has 3 aromatic rings. The topological polar surface area (TPSA) is 96.7 Å². The summed E-state index contributed by atoms with van der Waals surface area (Å²) in [5, 5.41) is 10.3. The van der Waals surface area contributed by atoms with Crippen molar-refractivity contribution < 1.29 is 32.6 Å². The van der Waals surface area contributed by atoms with Crippen molar-refractivity contribution in [2.75, 3.05) is 20.6 Å². The summed E-state index contributed by atoms with van der Waals surface area (Å²) >= 11 is 0. The second kappa shape index (κ2) is 10.6. The van der Waals surface area contributed by atoms with Crippen molar-refractivity contribution in [3.8, 4) is 11.4 Å². The van der Waals surface area contributed by atoms with Gasteiger partial charge in [0.05, 0.1) is 17.4 Å². The number of carboxylic acids is 1. The number of carbonyl (C=O) groups excluding carboxylic acids is 1. The lowest BCUT2D eigenvalue weighted by Gasteiger charge is -2.24. The molecule has 11 heteroatoms. The fraction of sp³-hybridized carbons (Fsp3) is 0.292. The van der Waals surface area contributed by atoms with Gasteiger partial charge < -0.3 is 20.1 Å². The van der Waals surface area contributed by atoms with Gasteiger partial charge in [-0.25, -0.2) is 9.78 Å². The van der Waals surface area contributed by atoms with E-state index in [1.165, 1.54) is 5.56 Å². The van der Waals surface area contributed by atoms with E-state index in [2.05, 4.69) is 34.3 Å². The number of amides is 1. The van der Waals surface area contributed by atoms with Crippen molar-refractivity contribution in [2.45, 2.75) is 25.7 Å². The minimum absolute atomic E-state index is 0.128. The Morgan fingerprint density at radius 1 is 1.20 bits per heavy atom. The molecule has 0 spiro atoms. The molecule has 186 valence electrons. The number of aliphatic carboxylic acids is 1. The average Bonchev–Trinajstić information content (AvgIpc) is 3.23. The molecule has 4 rings (SSSR count). The van der Waals surface area contributed by atoms with E-state index >= 15 is 0 Å². The minimum atomic E-state index is -5.08. The van der Waals surface area contributed by atoms with Crippen LogP contribution in [0.15, 0.2) is 54.9 Å². The van der Waals surface area contributed by atoms with Crippen LogP contribution in [0.1, 0.15) is 33.4 Å². The number of aromatic nitrogens is 2. The predicted molar refractivity (Wildman–Crippen MR) is 122 cm³/mol. The average molecular weight is 490 g/mol. The molecule has 35 heavy (non-hydrogen) atoms. The van der Waals surface area contributed by atoms with Crippen molar-refractivity contribution in [3.05, 3.63) is 77.4 Å². The van der Waals surface area contributed by atoms with Gasteiger partial charge in [0.25, 0.3) is 5.91 Å². The lowest BCUT2D eigenvalue weighted by Crippen LogP contribution is -2.36. The van der Waals surface area contributed by atoms with E-state index in [0.717, 1.165) is 22.7 Å². The number of nitrogens with zero attached hydrogens (tertiary/aromatic N) is 3. The maximum Gasteiger partial charge on any atom is 0.490 e. The van der Waals surface area contributed by atoms with Crippen LogP contribution in [0.5, 0.6) is 5.75 Å². The number of benzene rings is 2. The first-order valence-electron chi connectivity index (χ1n) is 10.6. The van der Waals surface area contributed by atoms with E-state index in [-0.39, 0.29) is 11.9 Å². The molecule has 1 aromatic heterocycles. The van der Waals surface area contributed by atoms with Gasteiger partial charge in [0.2, 0.25) is 0 Å². The van der Waals surface area contributed by atoms with Gasteiger partial charge in [-0.05, 0) is 38.7 Å². The summed E-state index contributed by atoms with van der Waals surface area (Å²) in [5.41, 5.74) is 4.32. The highest BCUT2D eigenvalue weighted by Gasteiger charge is 2.38. The van der Waals surface area contributed by atoms with E-state index in [0.29, 0.717) is 18.8 Å². The number of para-hydroxylation sites is 2. The Kier molecular flexibility index (Phi) is 7.80. The largest absolute Gasteiger partial charge is 0.490 e. The van der Waals surface area contributed by atoms with Crippen LogP contribution in [0.2, 0.25) is 0 Å². The van der Waals surface area contributed by atoms with Gasteiger partial charge in [-0.2, -0.15) is 13.2 Å². The van der Waals surface area contributed by atoms with Gasteiger partial charge in [-0.1, -0.05) is 42.0 Å². The first kappa shape index (κ1) is 25.8. The Hall–Kier alpha value is -3.86. The van der Waals surface area contributed by atoms with Crippen LogP contribution in [-0.2, 0) is 11.4 Å². The van der Waals surface area contributed by atoms with E-state index in [4.69, 9.17) is 14.6 Å². The number of aryl methyl sites for hydroxylation is 1. The number of ether oxygens (including phenoxy) is 1. The van der Waals surface area contributed by atoms with Crippen LogP contribution in [0.3, 0.4) is 0 Å². The Labute approximate surface area is 200 Å². The highest BCUT2D eigenvalue weighted by atomic mass is 19.4. The van der Waals surface area contributed by atoms with Crippen LogP contribution in [0.4, 0.5) is 13.2 Å². The molecule has 1 unspecified atom stereocenters. The third kappa shape index (κ3) is 6.38. The third-order valence-electron chi connectivity index (χ3n) is 5.11. The van der Waals surface area contributed by atoms with E-state index in [1.807, 2.05) is 55.1 Å². The summed E-state index contributed by atoms with van der Waals surface area (Å²) in [7, 11) is 4.00. The molecular weight excluding hydrogens is 465 g/mol. The summed E-state index contributed by atoms with van der Waals surface area (Å²) in [5.74, 6) is -2.15. The Morgan fingerprint density at radius 3 is 2.51 bits per heavy atom. The van der Waals surface area contributed by atoms with E-state index in [9.17, 15) is 18.0 Å². The molecule has 0 saturated heterocycles.